The summed E-state index contributed by atoms with van der Waals surface area (Å²) >= 11 is 6.13. The molecule has 0 spiro atoms. The summed E-state index contributed by atoms with van der Waals surface area (Å²) in [6.07, 6.45) is 1.08. The molecule has 2 rings (SSSR count). The molecule has 0 amide bonds. The SMILES string of the molecule is CNC1(c2ccccc2Cl)CCCC(O)(O)C1=O. The van der Waals surface area contributed by atoms with Gasteiger partial charge in [-0.15, -0.1) is 0 Å². The topological polar surface area (TPSA) is 69.6 Å². The maximum Gasteiger partial charge on any atom is 0.226 e. The lowest BCUT2D eigenvalue weighted by molar-refractivity contribution is -0.199. The summed E-state index contributed by atoms with van der Waals surface area (Å²) in [6.45, 7) is 0. The molecule has 18 heavy (non-hydrogen) atoms. The van der Waals surface area contributed by atoms with Crippen molar-refractivity contribution in [3.63, 3.8) is 0 Å². The fraction of sp³-hybridized carbons (Fsp3) is 0.462. The second kappa shape index (κ2) is 4.63. The lowest BCUT2D eigenvalue weighted by atomic mass is 9.73. The van der Waals surface area contributed by atoms with Crippen molar-refractivity contribution in [2.24, 2.45) is 0 Å². The Labute approximate surface area is 111 Å². The number of Topliss-reactive ketones (excluding diaryl/α,β-unsaturated/α-hetero) is 1. The molecule has 0 saturated heterocycles. The highest BCUT2D eigenvalue weighted by atomic mass is 35.5. The summed E-state index contributed by atoms with van der Waals surface area (Å²) in [5, 5.41) is 22.9. The van der Waals surface area contributed by atoms with Crippen LogP contribution in [0.15, 0.2) is 24.3 Å². The Kier molecular flexibility index (Phi) is 3.47. The Bertz CT molecular complexity index is 475. The van der Waals surface area contributed by atoms with Crippen LogP contribution in [0.1, 0.15) is 24.8 Å². The second-order valence-electron chi connectivity index (χ2n) is 4.63. The minimum Gasteiger partial charge on any atom is -0.360 e. The van der Waals surface area contributed by atoms with Gasteiger partial charge in [-0.25, -0.2) is 0 Å². The molecule has 3 N–H and O–H groups in total. The van der Waals surface area contributed by atoms with E-state index in [4.69, 9.17) is 11.6 Å². The van der Waals surface area contributed by atoms with Crippen molar-refractivity contribution in [1.82, 2.24) is 5.32 Å². The van der Waals surface area contributed by atoms with Crippen LogP contribution in [0, 0.1) is 0 Å². The molecule has 0 aliphatic heterocycles. The average Bonchev–Trinajstić information content (AvgIpc) is 2.34. The summed E-state index contributed by atoms with van der Waals surface area (Å²) in [4.78, 5) is 12.3. The number of likely N-dealkylation sites (N-methyl/N-ethyl adjacent to an activating group) is 1. The highest BCUT2D eigenvalue weighted by Gasteiger charge is 2.52. The van der Waals surface area contributed by atoms with E-state index in [1.165, 1.54) is 0 Å². The number of ketones is 1. The Balaban J connectivity index is 2.55. The largest absolute Gasteiger partial charge is 0.360 e. The van der Waals surface area contributed by atoms with Crippen molar-refractivity contribution in [1.29, 1.82) is 0 Å². The third kappa shape index (κ3) is 1.95. The van der Waals surface area contributed by atoms with Gasteiger partial charge in [0.2, 0.25) is 11.6 Å². The number of nitrogens with one attached hydrogen (secondary N) is 1. The number of halogens is 1. The van der Waals surface area contributed by atoms with Crippen LogP contribution in [0.25, 0.3) is 0 Å². The number of benzene rings is 1. The van der Waals surface area contributed by atoms with Gasteiger partial charge in [-0.1, -0.05) is 29.8 Å². The minimum absolute atomic E-state index is 0.0553. The zero-order valence-corrected chi connectivity index (χ0v) is 10.9. The van der Waals surface area contributed by atoms with Crippen molar-refractivity contribution in [3.8, 4) is 0 Å². The minimum atomic E-state index is -2.29. The molecule has 1 unspecified atom stereocenters. The number of hydrogen-bond donors (Lipinski definition) is 3. The van der Waals surface area contributed by atoms with Crippen molar-refractivity contribution in [2.75, 3.05) is 7.05 Å². The first-order valence-electron chi connectivity index (χ1n) is 5.87. The monoisotopic (exact) mass is 269 g/mol. The third-order valence-electron chi connectivity index (χ3n) is 3.59. The Morgan fingerprint density at radius 2 is 1.94 bits per heavy atom. The molecule has 4 nitrogen and oxygen atoms in total. The number of carbonyl (C=O) groups excluding carboxylic acids is 1. The van der Waals surface area contributed by atoms with Crippen LogP contribution in [0.2, 0.25) is 5.02 Å². The van der Waals surface area contributed by atoms with Gasteiger partial charge in [0.25, 0.3) is 0 Å². The summed E-state index contributed by atoms with van der Waals surface area (Å²) in [7, 11) is 1.63. The molecule has 0 heterocycles. The highest BCUT2D eigenvalue weighted by Crippen LogP contribution is 2.40. The van der Waals surface area contributed by atoms with Gasteiger partial charge in [-0.05, 0) is 31.5 Å². The molecule has 0 bridgehead atoms. The normalized spacial score (nSPS) is 27.2. The number of rotatable bonds is 2. The maximum atomic E-state index is 12.3. The maximum absolute atomic E-state index is 12.3. The molecular weight excluding hydrogens is 254 g/mol. The summed E-state index contributed by atoms with van der Waals surface area (Å²) in [5.41, 5.74) is -0.536. The standard InChI is InChI=1S/C13H16ClNO3/c1-15-12(9-5-2-3-6-10(9)14)7-4-8-13(17,18)11(12)16/h2-3,5-6,15,17-18H,4,7-8H2,1H3. The van der Waals surface area contributed by atoms with Crippen molar-refractivity contribution >= 4 is 17.4 Å². The van der Waals surface area contributed by atoms with Crippen molar-refractivity contribution in [3.05, 3.63) is 34.9 Å². The van der Waals surface area contributed by atoms with Gasteiger partial charge in [-0.3, -0.25) is 4.79 Å². The second-order valence-corrected chi connectivity index (χ2v) is 5.04. The Morgan fingerprint density at radius 1 is 1.28 bits per heavy atom. The molecule has 1 aliphatic carbocycles. The molecule has 0 aromatic heterocycles. The van der Waals surface area contributed by atoms with Crippen LogP contribution in [0.5, 0.6) is 0 Å². The summed E-state index contributed by atoms with van der Waals surface area (Å²) < 4.78 is 0. The van der Waals surface area contributed by atoms with Gasteiger partial charge in [0.05, 0.1) is 0 Å². The fourth-order valence-electron chi connectivity index (χ4n) is 2.61. The van der Waals surface area contributed by atoms with Crippen LogP contribution in [-0.2, 0) is 10.3 Å². The van der Waals surface area contributed by atoms with Gasteiger partial charge < -0.3 is 15.5 Å². The van der Waals surface area contributed by atoms with E-state index < -0.39 is 17.1 Å². The molecule has 1 atom stereocenters. The van der Waals surface area contributed by atoms with Crippen LogP contribution in [0.4, 0.5) is 0 Å². The average molecular weight is 270 g/mol. The zero-order valence-electron chi connectivity index (χ0n) is 10.1. The Hall–Kier alpha value is -0.940. The van der Waals surface area contributed by atoms with E-state index in [0.717, 1.165) is 0 Å². The lowest BCUT2D eigenvalue weighted by Gasteiger charge is -2.41. The molecule has 1 aliphatic rings. The molecule has 1 saturated carbocycles. The van der Waals surface area contributed by atoms with Crippen LogP contribution < -0.4 is 5.32 Å². The predicted molar refractivity (Wildman–Crippen MR) is 68.2 cm³/mol. The predicted octanol–water partition coefficient (Wildman–Crippen LogP) is 1.19. The quantitative estimate of drug-likeness (QED) is 0.706. The van der Waals surface area contributed by atoms with Gasteiger partial charge in [0, 0.05) is 11.4 Å². The van der Waals surface area contributed by atoms with Gasteiger partial charge in [-0.2, -0.15) is 0 Å². The number of hydrogen-bond acceptors (Lipinski definition) is 4. The molecule has 0 radical (unpaired) electrons. The van der Waals surface area contributed by atoms with E-state index >= 15 is 0 Å². The Morgan fingerprint density at radius 3 is 2.56 bits per heavy atom. The molecule has 98 valence electrons. The third-order valence-corrected chi connectivity index (χ3v) is 3.92. The van der Waals surface area contributed by atoms with Crippen LogP contribution >= 0.6 is 11.6 Å². The van der Waals surface area contributed by atoms with E-state index in [-0.39, 0.29) is 6.42 Å². The van der Waals surface area contributed by atoms with Crippen molar-refractivity contribution in [2.45, 2.75) is 30.6 Å². The van der Waals surface area contributed by atoms with E-state index in [0.29, 0.717) is 23.4 Å². The molecule has 1 aromatic carbocycles. The first-order chi connectivity index (χ1) is 8.44. The number of aliphatic hydroxyl groups is 2. The first kappa shape index (κ1) is 13.5. The van der Waals surface area contributed by atoms with Crippen LogP contribution in [0.3, 0.4) is 0 Å². The lowest BCUT2D eigenvalue weighted by Crippen LogP contribution is -2.60. The highest BCUT2D eigenvalue weighted by molar-refractivity contribution is 6.31. The van der Waals surface area contributed by atoms with E-state index in [2.05, 4.69) is 5.32 Å². The molecule has 5 heteroatoms. The van der Waals surface area contributed by atoms with E-state index in [9.17, 15) is 15.0 Å². The van der Waals surface area contributed by atoms with Gasteiger partial charge in [0.1, 0.15) is 5.54 Å². The molecular formula is C13H16ClNO3. The van der Waals surface area contributed by atoms with E-state index in [1.54, 1.807) is 31.3 Å². The van der Waals surface area contributed by atoms with Crippen molar-refractivity contribution < 1.29 is 15.0 Å². The zero-order chi connectivity index (χ0) is 13.4. The first-order valence-corrected chi connectivity index (χ1v) is 6.25. The van der Waals surface area contributed by atoms with Crippen LogP contribution in [-0.4, -0.2) is 28.8 Å². The summed E-state index contributed by atoms with van der Waals surface area (Å²) in [5.74, 6) is -2.93. The van der Waals surface area contributed by atoms with Gasteiger partial charge in [0.15, 0.2) is 0 Å². The summed E-state index contributed by atoms with van der Waals surface area (Å²) in [6, 6.07) is 6.97. The van der Waals surface area contributed by atoms with E-state index in [1.807, 2.05) is 0 Å². The molecule has 1 aromatic rings. The smallest absolute Gasteiger partial charge is 0.226 e. The fourth-order valence-corrected chi connectivity index (χ4v) is 2.90. The molecule has 1 fully saturated rings. The number of carbonyl (C=O) groups is 1. The van der Waals surface area contributed by atoms with Gasteiger partial charge >= 0.3 is 0 Å².